The Bertz CT molecular complexity index is 914. The van der Waals surface area contributed by atoms with Crippen LogP contribution in [0.4, 0.5) is 5.95 Å². The Morgan fingerprint density at radius 1 is 1.00 bits per heavy atom. The normalized spacial score (nSPS) is 26.9. The van der Waals surface area contributed by atoms with E-state index in [9.17, 15) is 4.79 Å². The summed E-state index contributed by atoms with van der Waals surface area (Å²) in [5.41, 5.74) is 2.99. The van der Waals surface area contributed by atoms with Crippen LogP contribution in [0, 0.1) is 17.8 Å². The Morgan fingerprint density at radius 2 is 1.76 bits per heavy atom. The number of hydrogen-bond donors (Lipinski definition) is 0. The molecule has 152 valence electrons. The molecule has 0 bridgehead atoms. The smallest absolute Gasteiger partial charge is 0.337 e. The second-order valence-corrected chi connectivity index (χ2v) is 8.56. The molecular weight excluding hydrogens is 366 g/mol. The number of ether oxygens (including phenoxy) is 1. The highest BCUT2D eigenvalue weighted by Crippen LogP contribution is 2.46. The van der Waals surface area contributed by atoms with E-state index in [4.69, 9.17) is 9.73 Å². The van der Waals surface area contributed by atoms with E-state index in [-0.39, 0.29) is 12.0 Å². The van der Waals surface area contributed by atoms with Crippen LogP contribution >= 0.6 is 0 Å². The van der Waals surface area contributed by atoms with Gasteiger partial charge in [-0.1, -0.05) is 42.9 Å². The molecule has 7 heteroatoms. The molecule has 0 radical (unpaired) electrons. The summed E-state index contributed by atoms with van der Waals surface area (Å²) in [5.74, 6) is 1.91. The summed E-state index contributed by atoms with van der Waals surface area (Å²) in [5, 5.41) is 12.4. The zero-order valence-electron chi connectivity index (χ0n) is 16.8. The van der Waals surface area contributed by atoms with E-state index in [0.29, 0.717) is 23.3 Å². The fourth-order valence-corrected chi connectivity index (χ4v) is 5.66. The lowest BCUT2D eigenvalue weighted by molar-refractivity contribution is 0.0600. The lowest BCUT2D eigenvalue weighted by Gasteiger charge is -2.42. The molecule has 1 aromatic carbocycles. The van der Waals surface area contributed by atoms with Gasteiger partial charge in [-0.05, 0) is 59.7 Å². The molecule has 1 aromatic heterocycles. The fourth-order valence-electron chi connectivity index (χ4n) is 5.66. The summed E-state index contributed by atoms with van der Waals surface area (Å²) in [6.45, 7) is 0. The number of aliphatic imine (C=N–C) groups is 1. The molecule has 0 N–H and O–H groups in total. The van der Waals surface area contributed by atoms with Gasteiger partial charge in [0.1, 0.15) is 0 Å². The first-order chi connectivity index (χ1) is 14.3. The molecule has 2 aromatic rings. The number of benzene rings is 1. The molecule has 5 rings (SSSR count). The van der Waals surface area contributed by atoms with Crippen molar-refractivity contribution in [2.45, 2.75) is 57.4 Å². The number of aromatic nitrogens is 4. The van der Waals surface area contributed by atoms with Crippen LogP contribution in [-0.2, 0) is 4.74 Å². The number of carbonyl (C=O) groups is 1. The molecule has 1 aliphatic heterocycles. The minimum Gasteiger partial charge on any atom is -0.465 e. The summed E-state index contributed by atoms with van der Waals surface area (Å²) in [4.78, 5) is 16.8. The minimum atomic E-state index is -0.319. The van der Waals surface area contributed by atoms with E-state index in [0.717, 1.165) is 17.9 Å². The standard InChI is InChI=1S/C22H27N5O2/c1-29-21(28)16-12-10-15(11-13-16)20-18-9-5-8-17(14-6-3-2-4-7-14)19(18)23-22-24-25-26-27(20)22/h10-14,17-18,20H,2-9H2,1H3. The first-order valence-corrected chi connectivity index (χ1v) is 10.8. The van der Waals surface area contributed by atoms with E-state index < -0.39 is 0 Å². The van der Waals surface area contributed by atoms with Gasteiger partial charge in [-0.25, -0.2) is 14.5 Å². The van der Waals surface area contributed by atoms with E-state index in [1.165, 1.54) is 57.8 Å². The number of esters is 1. The van der Waals surface area contributed by atoms with Gasteiger partial charge in [0.15, 0.2) is 0 Å². The molecule has 3 unspecified atom stereocenters. The quantitative estimate of drug-likeness (QED) is 0.732. The minimum absolute atomic E-state index is 0.0330. The molecule has 3 atom stereocenters. The first-order valence-electron chi connectivity index (χ1n) is 10.8. The summed E-state index contributed by atoms with van der Waals surface area (Å²) >= 11 is 0. The van der Waals surface area contributed by atoms with Gasteiger partial charge >= 0.3 is 5.97 Å². The van der Waals surface area contributed by atoms with Crippen LogP contribution < -0.4 is 0 Å². The summed E-state index contributed by atoms with van der Waals surface area (Å²) in [6, 6.07) is 7.71. The summed E-state index contributed by atoms with van der Waals surface area (Å²) < 4.78 is 6.70. The Kier molecular flexibility index (Phi) is 4.89. The van der Waals surface area contributed by atoms with Gasteiger partial charge in [-0.2, -0.15) is 0 Å². The number of tetrazole rings is 1. The van der Waals surface area contributed by atoms with Crippen molar-refractivity contribution in [2.75, 3.05) is 7.11 Å². The van der Waals surface area contributed by atoms with Gasteiger partial charge in [0.05, 0.1) is 18.7 Å². The van der Waals surface area contributed by atoms with Crippen molar-refractivity contribution in [3.63, 3.8) is 0 Å². The average molecular weight is 393 g/mol. The predicted molar refractivity (Wildman–Crippen MR) is 108 cm³/mol. The van der Waals surface area contributed by atoms with Crippen molar-refractivity contribution in [1.82, 2.24) is 20.2 Å². The van der Waals surface area contributed by atoms with Gasteiger partial charge in [0.2, 0.25) is 0 Å². The highest BCUT2D eigenvalue weighted by atomic mass is 16.5. The third-order valence-corrected chi connectivity index (χ3v) is 7.03. The Balaban J connectivity index is 1.51. The Labute approximate surface area is 170 Å². The number of carbonyl (C=O) groups excluding carboxylic acids is 1. The SMILES string of the molecule is COC(=O)c1ccc(C2C3CCCC(C4CCCCC4)C3=Nc3nnnn32)cc1. The van der Waals surface area contributed by atoms with Gasteiger partial charge in [-0.15, -0.1) is 0 Å². The average Bonchev–Trinajstić information content (AvgIpc) is 3.25. The molecular formula is C22H27N5O2. The maximum absolute atomic E-state index is 11.8. The molecule has 3 aliphatic rings. The highest BCUT2D eigenvalue weighted by Gasteiger charge is 2.43. The van der Waals surface area contributed by atoms with Crippen LogP contribution in [0.1, 0.15) is 73.3 Å². The number of hydrogen-bond acceptors (Lipinski definition) is 6. The Hall–Kier alpha value is -2.57. The molecule has 29 heavy (non-hydrogen) atoms. The largest absolute Gasteiger partial charge is 0.465 e. The van der Waals surface area contributed by atoms with Crippen molar-refractivity contribution < 1.29 is 9.53 Å². The number of rotatable bonds is 3. The van der Waals surface area contributed by atoms with Gasteiger partial charge in [0, 0.05) is 17.5 Å². The van der Waals surface area contributed by atoms with Crippen LogP contribution in [0.25, 0.3) is 0 Å². The molecule has 0 amide bonds. The van der Waals surface area contributed by atoms with E-state index in [2.05, 4.69) is 15.5 Å². The molecule has 2 saturated carbocycles. The molecule has 2 fully saturated rings. The number of fused-ring (bicyclic) bond motifs is 2. The second-order valence-electron chi connectivity index (χ2n) is 8.56. The first kappa shape index (κ1) is 18.5. The topological polar surface area (TPSA) is 82.3 Å². The summed E-state index contributed by atoms with van der Waals surface area (Å²) in [6.07, 6.45) is 10.2. The molecule has 0 spiro atoms. The van der Waals surface area contributed by atoms with E-state index in [1.54, 1.807) is 0 Å². The second kappa shape index (κ2) is 7.69. The number of nitrogens with zero attached hydrogens (tertiary/aromatic N) is 5. The van der Waals surface area contributed by atoms with Crippen molar-refractivity contribution in [1.29, 1.82) is 0 Å². The van der Waals surface area contributed by atoms with Crippen LogP contribution in [0.3, 0.4) is 0 Å². The molecule has 2 heterocycles. The van der Waals surface area contributed by atoms with Gasteiger partial charge in [-0.3, -0.25) is 0 Å². The maximum atomic E-state index is 11.8. The van der Waals surface area contributed by atoms with Crippen molar-refractivity contribution in [2.24, 2.45) is 22.7 Å². The van der Waals surface area contributed by atoms with Gasteiger partial charge < -0.3 is 4.74 Å². The van der Waals surface area contributed by atoms with Gasteiger partial charge in [0.25, 0.3) is 5.95 Å². The molecule has 0 saturated heterocycles. The van der Waals surface area contributed by atoms with Crippen molar-refractivity contribution in [3.8, 4) is 0 Å². The summed E-state index contributed by atoms with van der Waals surface area (Å²) in [7, 11) is 1.40. The van der Waals surface area contributed by atoms with Crippen molar-refractivity contribution >= 4 is 17.6 Å². The van der Waals surface area contributed by atoms with Crippen LogP contribution in [0.2, 0.25) is 0 Å². The molecule has 2 aliphatic carbocycles. The zero-order chi connectivity index (χ0) is 19.8. The number of methoxy groups -OCH3 is 1. The fraction of sp³-hybridized carbons (Fsp3) is 0.591. The lowest BCUT2D eigenvalue weighted by atomic mass is 9.66. The predicted octanol–water partition coefficient (Wildman–Crippen LogP) is 4.13. The van der Waals surface area contributed by atoms with Crippen LogP contribution in [-0.4, -0.2) is 39.0 Å². The lowest BCUT2D eigenvalue weighted by Crippen LogP contribution is -2.41. The zero-order valence-corrected chi connectivity index (χ0v) is 16.8. The maximum Gasteiger partial charge on any atom is 0.337 e. The van der Waals surface area contributed by atoms with Crippen LogP contribution in [0.15, 0.2) is 29.3 Å². The highest BCUT2D eigenvalue weighted by molar-refractivity contribution is 5.93. The Morgan fingerprint density at radius 3 is 2.52 bits per heavy atom. The third-order valence-electron chi connectivity index (χ3n) is 7.03. The van der Waals surface area contributed by atoms with Crippen molar-refractivity contribution in [3.05, 3.63) is 35.4 Å². The third kappa shape index (κ3) is 3.26. The van der Waals surface area contributed by atoms with E-state index in [1.807, 2.05) is 28.9 Å². The molecule has 7 nitrogen and oxygen atoms in total. The van der Waals surface area contributed by atoms with Crippen LogP contribution in [0.5, 0.6) is 0 Å². The van der Waals surface area contributed by atoms with E-state index >= 15 is 0 Å². The monoisotopic (exact) mass is 393 g/mol.